The molecule has 0 aliphatic carbocycles. The molecular weight excluding hydrogens is 783 g/mol. The summed E-state index contributed by atoms with van der Waals surface area (Å²) in [5, 5.41) is 13.1. The van der Waals surface area contributed by atoms with Crippen LogP contribution in [0.25, 0.3) is 0 Å². The molecule has 0 bridgehead atoms. The highest BCUT2D eigenvalue weighted by Gasteiger charge is 2.39. The number of imide groups is 1. The second-order valence-corrected chi connectivity index (χ2v) is 17.0. The van der Waals surface area contributed by atoms with Crippen molar-refractivity contribution in [2.24, 2.45) is 0 Å². The number of nitrogens with zero attached hydrogens (tertiary/aromatic N) is 4. The van der Waals surface area contributed by atoms with E-state index >= 15 is 0 Å². The van der Waals surface area contributed by atoms with Crippen molar-refractivity contribution >= 4 is 71.1 Å². The molecule has 15 nitrogen and oxygen atoms in total. The SMILES string of the molecule is COc1cc(N2CCC(NCCCCc3cccc4c3CN(C3CCC(=O)NC3=O)C4=O)CC2)ccc1Nc1ncc(Cl)c(Nc2ccccc2P(=O)(OC)OC)n1. The minimum atomic E-state index is -3.56. The van der Waals surface area contributed by atoms with Crippen molar-refractivity contribution in [2.45, 2.75) is 63.6 Å². The highest BCUT2D eigenvalue weighted by atomic mass is 35.5. The van der Waals surface area contributed by atoms with E-state index in [4.69, 9.17) is 25.4 Å². The maximum atomic E-state index is 13.2. The molecule has 3 aliphatic rings. The number of aryl methyl sites for hydroxylation is 1. The van der Waals surface area contributed by atoms with E-state index in [0.29, 0.717) is 52.8 Å². The number of aromatic nitrogens is 2. The number of carbonyl (C=O) groups is 3. The zero-order valence-electron chi connectivity index (χ0n) is 32.8. The van der Waals surface area contributed by atoms with Crippen molar-refractivity contribution in [3.05, 3.63) is 88.6 Å². The lowest BCUT2D eigenvalue weighted by Crippen LogP contribution is -2.52. The number of anilines is 5. The Morgan fingerprint density at radius 1 is 0.931 bits per heavy atom. The van der Waals surface area contributed by atoms with E-state index in [1.54, 1.807) is 36.3 Å². The van der Waals surface area contributed by atoms with Crippen LogP contribution in [0.1, 0.15) is 60.0 Å². The van der Waals surface area contributed by atoms with Crippen LogP contribution in [0.3, 0.4) is 0 Å². The predicted molar refractivity (Wildman–Crippen MR) is 223 cm³/mol. The maximum Gasteiger partial charge on any atom is 0.362 e. The van der Waals surface area contributed by atoms with Crippen molar-refractivity contribution < 1.29 is 32.7 Å². The molecule has 3 amide bonds. The van der Waals surface area contributed by atoms with Crippen LogP contribution in [0.2, 0.25) is 5.02 Å². The number of hydrogen-bond acceptors (Lipinski definition) is 13. The Kier molecular flexibility index (Phi) is 12.9. The summed E-state index contributed by atoms with van der Waals surface area (Å²) < 4.78 is 29.4. The average molecular weight is 831 g/mol. The fourth-order valence-corrected chi connectivity index (χ4v) is 9.18. The monoisotopic (exact) mass is 830 g/mol. The Morgan fingerprint density at radius 3 is 2.48 bits per heavy atom. The molecule has 4 N–H and O–H groups in total. The number of methoxy groups -OCH3 is 1. The molecule has 7 rings (SSSR count). The average Bonchev–Trinajstić information content (AvgIpc) is 3.58. The molecule has 0 radical (unpaired) electrons. The molecule has 2 fully saturated rings. The van der Waals surface area contributed by atoms with Crippen LogP contribution in [-0.4, -0.2) is 85.6 Å². The van der Waals surface area contributed by atoms with E-state index in [2.05, 4.69) is 48.3 Å². The number of fused-ring (bicyclic) bond motifs is 1. The Hall–Kier alpha value is -5.05. The lowest BCUT2D eigenvalue weighted by molar-refractivity contribution is -0.136. The largest absolute Gasteiger partial charge is 0.494 e. The minimum absolute atomic E-state index is 0.134. The number of hydrogen-bond donors (Lipinski definition) is 4. The fraction of sp³-hybridized carbons (Fsp3) is 0.390. The zero-order valence-corrected chi connectivity index (χ0v) is 34.4. The van der Waals surface area contributed by atoms with Crippen LogP contribution in [0, 0.1) is 0 Å². The third-order valence-electron chi connectivity index (χ3n) is 11.0. The highest BCUT2D eigenvalue weighted by Crippen LogP contribution is 2.47. The van der Waals surface area contributed by atoms with Crippen LogP contribution in [0.15, 0.2) is 66.9 Å². The normalized spacial score (nSPS) is 17.3. The summed E-state index contributed by atoms with van der Waals surface area (Å²) in [6, 6.07) is 18.6. The topological polar surface area (TPSA) is 176 Å². The predicted octanol–water partition coefficient (Wildman–Crippen LogP) is 6.08. The third kappa shape index (κ3) is 8.98. The van der Waals surface area contributed by atoms with Gasteiger partial charge in [0.2, 0.25) is 17.8 Å². The number of unbranched alkanes of at least 4 members (excludes halogenated alkanes) is 1. The number of ether oxygens (including phenoxy) is 1. The van der Waals surface area contributed by atoms with Crippen LogP contribution in [0.4, 0.5) is 28.8 Å². The Morgan fingerprint density at radius 2 is 1.72 bits per heavy atom. The maximum absolute atomic E-state index is 13.2. The van der Waals surface area contributed by atoms with Gasteiger partial charge in [-0.15, -0.1) is 0 Å². The number of benzene rings is 3. The number of nitrogens with one attached hydrogen (secondary N) is 4. The molecule has 4 aromatic rings. The second kappa shape index (κ2) is 18.3. The summed E-state index contributed by atoms with van der Waals surface area (Å²) in [7, 11) is 0.721. The molecule has 0 saturated carbocycles. The second-order valence-electron chi connectivity index (χ2n) is 14.4. The van der Waals surface area contributed by atoms with E-state index in [0.717, 1.165) is 68.6 Å². The first-order valence-electron chi connectivity index (χ1n) is 19.4. The first kappa shape index (κ1) is 41.1. The molecule has 4 heterocycles. The van der Waals surface area contributed by atoms with Crippen molar-refractivity contribution in [1.82, 2.24) is 25.5 Å². The lowest BCUT2D eigenvalue weighted by Gasteiger charge is -2.34. The number of piperidine rings is 2. The van der Waals surface area contributed by atoms with Crippen molar-refractivity contribution in [3.63, 3.8) is 0 Å². The van der Waals surface area contributed by atoms with Crippen molar-refractivity contribution in [3.8, 4) is 5.75 Å². The molecule has 3 aliphatic heterocycles. The van der Waals surface area contributed by atoms with Gasteiger partial charge in [-0.25, -0.2) is 4.98 Å². The number of rotatable bonds is 16. The molecule has 3 aromatic carbocycles. The molecule has 0 spiro atoms. The molecule has 2 saturated heterocycles. The van der Waals surface area contributed by atoms with Gasteiger partial charge in [0.05, 0.1) is 30.0 Å². The van der Waals surface area contributed by atoms with E-state index in [9.17, 15) is 18.9 Å². The van der Waals surface area contributed by atoms with Gasteiger partial charge in [0, 0.05) is 63.6 Å². The summed E-state index contributed by atoms with van der Waals surface area (Å²) in [5.41, 5.74) is 5.02. The standard InChI is InChI=1S/C41H48ClN8O7P/c1-55-35-23-28(14-15-32(35)46-41-44-24-31(42)38(48-41)45-33-12-4-5-13-36(33)58(54,56-2)57-3)49-21-18-27(19-22-49)43-20-7-6-9-26-10-8-11-29-30(26)25-50(40(29)53)34-16-17-37(51)47-39(34)52/h4-5,8,10-15,23-24,27,34,43H,6-7,9,16-22,25H2,1-3H3,(H,47,51,52)(H2,44,45,46,48). The van der Waals surface area contributed by atoms with Gasteiger partial charge < -0.3 is 39.5 Å². The van der Waals surface area contributed by atoms with E-state index in [1.807, 2.05) is 24.3 Å². The van der Waals surface area contributed by atoms with Crippen LogP contribution < -0.4 is 36.2 Å². The smallest absolute Gasteiger partial charge is 0.362 e. The van der Waals surface area contributed by atoms with Crippen molar-refractivity contribution in [2.75, 3.05) is 56.5 Å². The van der Waals surface area contributed by atoms with Crippen LogP contribution in [-0.2, 0) is 36.2 Å². The fourth-order valence-electron chi connectivity index (χ4n) is 7.80. The summed E-state index contributed by atoms with van der Waals surface area (Å²) in [4.78, 5) is 50.2. The first-order chi connectivity index (χ1) is 28.1. The summed E-state index contributed by atoms with van der Waals surface area (Å²) in [6.07, 6.45) is 6.95. The van der Waals surface area contributed by atoms with E-state index in [-0.39, 0.29) is 35.1 Å². The Labute approximate surface area is 342 Å². The number of halogens is 1. The molecular formula is C41H48ClN8O7P. The Bertz CT molecular complexity index is 2210. The van der Waals surface area contributed by atoms with Crippen LogP contribution in [0.5, 0.6) is 5.75 Å². The number of amides is 3. The summed E-state index contributed by atoms with van der Waals surface area (Å²) in [6.45, 7) is 3.11. The van der Waals surface area contributed by atoms with Crippen molar-refractivity contribution in [1.29, 1.82) is 0 Å². The van der Waals surface area contributed by atoms with Gasteiger partial charge in [-0.1, -0.05) is 35.9 Å². The minimum Gasteiger partial charge on any atom is -0.494 e. The highest BCUT2D eigenvalue weighted by molar-refractivity contribution is 7.62. The lowest BCUT2D eigenvalue weighted by atomic mass is 9.98. The number of carbonyl (C=O) groups excluding carboxylic acids is 3. The molecule has 17 heteroatoms. The van der Waals surface area contributed by atoms with Gasteiger partial charge in [0.15, 0.2) is 5.82 Å². The summed E-state index contributed by atoms with van der Waals surface area (Å²) in [5.74, 6) is 0.410. The van der Waals surface area contributed by atoms with Gasteiger partial charge in [-0.3, -0.25) is 24.3 Å². The summed E-state index contributed by atoms with van der Waals surface area (Å²) >= 11 is 6.47. The molecule has 1 aromatic heterocycles. The van der Waals surface area contributed by atoms with Gasteiger partial charge in [0.1, 0.15) is 16.8 Å². The molecule has 306 valence electrons. The first-order valence-corrected chi connectivity index (χ1v) is 21.3. The zero-order chi connectivity index (χ0) is 40.8. The number of para-hydroxylation sites is 1. The van der Waals surface area contributed by atoms with E-state index < -0.39 is 13.6 Å². The quantitative estimate of drug-likeness (QED) is 0.0582. The molecule has 1 atom stereocenters. The van der Waals surface area contributed by atoms with Gasteiger partial charge in [-0.2, -0.15) is 4.98 Å². The van der Waals surface area contributed by atoms with Gasteiger partial charge in [0.25, 0.3) is 5.91 Å². The molecule has 58 heavy (non-hydrogen) atoms. The van der Waals surface area contributed by atoms with Gasteiger partial charge in [-0.05, 0) is 86.5 Å². The van der Waals surface area contributed by atoms with Crippen LogP contribution >= 0.6 is 19.2 Å². The third-order valence-corrected chi connectivity index (χ3v) is 13.2. The van der Waals surface area contributed by atoms with Gasteiger partial charge >= 0.3 is 7.60 Å². The molecule has 1 unspecified atom stereocenters. The Balaban J connectivity index is 0.885. The van der Waals surface area contributed by atoms with E-state index in [1.165, 1.54) is 20.4 Å².